The molecule has 3 aromatic rings. The van der Waals surface area contributed by atoms with E-state index in [0.29, 0.717) is 18.1 Å². The number of nitrogens with two attached hydrogens (primary N) is 1. The van der Waals surface area contributed by atoms with Gasteiger partial charge in [-0.3, -0.25) is 0 Å². The van der Waals surface area contributed by atoms with Crippen LogP contribution in [0.1, 0.15) is 31.4 Å². The molecule has 0 unspecified atom stereocenters. The maximum atomic E-state index is 13.3. The summed E-state index contributed by atoms with van der Waals surface area (Å²) in [6, 6.07) is 6.86. The minimum absolute atomic E-state index is 0.102. The Labute approximate surface area is 197 Å². The molecule has 0 saturated carbocycles. The summed E-state index contributed by atoms with van der Waals surface area (Å²) in [5, 5.41) is 13.1. The highest BCUT2D eigenvalue weighted by molar-refractivity contribution is 7.91. The molecule has 10 nitrogen and oxygen atoms in total. The summed E-state index contributed by atoms with van der Waals surface area (Å²) in [4.78, 5) is 17.3. The van der Waals surface area contributed by atoms with Crippen molar-refractivity contribution < 1.29 is 18.5 Å². The summed E-state index contributed by atoms with van der Waals surface area (Å²) in [5.74, 6) is 0.738. The minimum atomic E-state index is -3.59. The first-order valence-corrected chi connectivity index (χ1v) is 12.5. The number of carbonyl (C=O) groups excluding carboxylic acids is 1. The van der Waals surface area contributed by atoms with Gasteiger partial charge in [-0.15, -0.1) is 4.36 Å². The minimum Gasteiger partial charge on any atom is -0.481 e. The Hall–Kier alpha value is -3.44. The predicted molar refractivity (Wildman–Crippen MR) is 127 cm³/mol. The van der Waals surface area contributed by atoms with Crippen LogP contribution in [0.2, 0.25) is 0 Å². The lowest BCUT2D eigenvalue weighted by atomic mass is 9.98. The predicted octanol–water partition coefficient (Wildman–Crippen LogP) is 3.55. The normalized spacial score (nSPS) is 17.3. The molecule has 0 spiro atoms. The van der Waals surface area contributed by atoms with Gasteiger partial charge in [0.25, 0.3) is 0 Å². The van der Waals surface area contributed by atoms with Gasteiger partial charge < -0.3 is 14.8 Å². The van der Waals surface area contributed by atoms with Crippen molar-refractivity contribution in [2.45, 2.75) is 50.2 Å². The number of rotatable bonds is 4. The molecule has 34 heavy (non-hydrogen) atoms. The molecule has 1 aromatic carbocycles. The number of aromatic nitrogens is 3. The number of pyridine rings is 1. The van der Waals surface area contributed by atoms with Crippen molar-refractivity contribution >= 4 is 21.6 Å². The zero-order valence-corrected chi connectivity index (χ0v) is 20.0. The molecule has 0 radical (unpaired) electrons. The Bertz CT molecular complexity index is 1420. The van der Waals surface area contributed by atoms with Crippen molar-refractivity contribution in [3.8, 4) is 22.9 Å². The number of nitrogens with one attached hydrogen (secondary N) is 1. The number of methoxy groups -OCH3 is 1. The number of hydrogen-bond donors (Lipinski definition) is 2. The van der Waals surface area contributed by atoms with Crippen LogP contribution in [0.15, 0.2) is 45.9 Å². The van der Waals surface area contributed by atoms with Crippen LogP contribution in [0.4, 0.5) is 10.5 Å². The molecular weight excluding hydrogens is 456 g/mol. The van der Waals surface area contributed by atoms with E-state index in [1.807, 2.05) is 26.0 Å². The number of anilines is 1. The van der Waals surface area contributed by atoms with Crippen LogP contribution in [0.3, 0.4) is 0 Å². The third-order valence-electron chi connectivity index (χ3n) is 5.97. The van der Waals surface area contributed by atoms with E-state index < -0.39 is 21.5 Å². The lowest BCUT2D eigenvalue weighted by Crippen LogP contribution is -2.27. The molecule has 2 aliphatic rings. The molecule has 1 aliphatic carbocycles. The fourth-order valence-electron chi connectivity index (χ4n) is 4.47. The number of nitrogens with zero attached hydrogens (tertiary/aromatic N) is 4. The topological polar surface area (TPSA) is 134 Å². The van der Waals surface area contributed by atoms with E-state index in [2.05, 4.69) is 25.8 Å². The molecule has 11 heteroatoms. The van der Waals surface area contributed by atoms with Crippen LogP contribution in [0, 0.1) is 0 Å². The summed E-state index contributed by atoms with van der Waals surface area (Å²) in [7, 11) is -2.04. The second-order valence-electron chi connectivity index (χ2n) is 8.99. The maximum absolute atomic E-state index is 13.3. The number of fused-ring (bicyclic) bond motifs is 2. The van der Waals surface area contributed by atoms with Gasteiger partial charge in [0, 0.05) is 17.8 Å². The van der Waals surface area contributed by atoms with E-state index in [1.165, 1.54) is 11.8 Å². The monoisotopic (exact) mass is 482 g/mol. The van der Waals surface area contributed by atoms with Gasteiger partial charge in [-0.05, 0) is 55.9 Å². The highest BCUT2D eigenvalue weighted by Crippen LogP contribution is 2.39. The zero-order chi connectivity index (χ0) is 24.1. The summed E-state index contributed by atoms with van der Waals surface area (Å²) in [5.41, 5.74) is 3.95. The fraction of sp³-hybridized carbons (Fsp3) is 0.348. The van der Waals surface area contributed by atoms with E-state index in [9.17, 15) is 9.00 Å². The van der Waals surface area contributed by atoms with Crippen LogP contribution in [0.25, 0.3) is 11.1 Å². The van der Waals surface area contributed by atoms with E-state index in [1.54, 1.807) is 24.1 Å². The summed E-state index contributed by atoms with van der Waals surface area (Å²) < 4.78 is 29.8. The maximum Gasteiger partial charge on any atom is 0.354 e. The van der Waals surface area contributed by atoms with Crippen molar-refractivity contribution in [3.05, 3.63) is 47.8 Å². The molecule has 5 rings (SSSR count). The molecule has 1 aliphatic heterocycles. The van der Waals surface area contributed by atoms with Gasteiger partial charge in [-0.2, -0.15) is 5.10 Å². The van der Waals surface area contributed by atoms with Gasteiger partial charge in [-0.1, -0.05) is 12.1 Å². The van der Waals surface area contributed by atoms with Gasteiger partial charge in [-0.25, -0.2) is 23.8 Å². The van der Waals surface area contributed by atoms with Gasteiger partial charge in [0.1, 0.15) is 10.5 Å². The summed E-state index contributed by atoms with van der Waals surface area (Å²) in [6.07, 6.45) is 5.73. The second kappa shape index (κ2) is 8.10. The van der Waals surface area contributed by atoms with Gasteiger partial charge in [0.2, 0.25) is 11.8 Å². The van der Waals surface area contributed by atoms with Crippen molar-refractivity contribution in [1.82, 2.24) is 14.8 Å². The molecule has 0 fully saturated rings. The first-order valence-electron chi connectivity index (χ1n) is 10.9. The molecular formula is C23H26N6O4S. The number of urea groups is 1. The molecule has 0 saturated heterocycles. The standard InChI is InChI=1S/C23H26N6O4S/c1-23(2)13-29-21(33-23)18(12-26-29)34(24,31)28-22(30)27-20-16-6-4-5-14(16)7-8-17(20)15-9-10-25-19(11-15)32-3/h7-12H,4-6,13H2,1-3H3,(H3,24,27,28,30,31)/t34-/m0/s1. The van der Waals surface area contributed by atoms with Crippen LogP contribution in [0.5, 0.6) is 11.8 Å². The van der Waals surface area contributed by atoms with Gasteiger partial charge >= 0.3 is 6.03 Å². The quantitative estimate of drug-likeness (QED) is 0.584. The lowest BCUT2D eigenvalue weighted by Gasteiger charge is -2.16. The molecule has 178 valence electrons. The average molecular weight is 483 g/mol. The number of carbonyl (C=O) groups is 1. The first-order chi connectivity index (χ1) is 16.2. The van der Waals surface area contributed by atoms with Crippen LogP contribution in [-0.2, 0) is 29.3 Å². The van der Waals surface area contributed by atoms with E-state index in [-0.39, 0.29) is 10.8 Å². The summed E-state index contributed by atoms with van der Waals surface area (Å²) >= 11 is 0. The Morgan fingerprint density at radius 2 is 2.15 bits per heavy atom. The van der Waals surface area contributed by atoms with Crippen LogP contribution < -0.4 is 19.9 Å². The highest BCUT2D eigenvalue weighted by atomic mass is 32.2. The Balaban J connectivity index is 1.52. The van der Waals surface area contributed by atoms with Crippen molar-refractivity contribution in [3.63, 3.8) is 0 Å². The SMILES string of the molecule is COc1cc(-c2ccc3c(c2NC(=O)N=[S@](N)(=O)c2cnn4c2OC(C)(C)C4)CCC3)ccn1. The van der Waals surface area contributed by atoms with Crippen molar-refractivity contribution in [1.29, 1.82) is 0 Å². The third kappa shape index (κ3) is 4.01. The van der Waals surface area contributed by atoms with Crippen LogP contribution >= 0.6 is 0 Å². The van der Waals surface area contributed by atoms with Gasteiger partial charge in [0.15, 0.2) is 9.92 Å². The first kappa shape index (κ1) is 22.4. The van der Waals surface area contributed by atoms with E-state index >= 15 is 0 Å². The Morgan fingerprint density at radius 3 is 2.94 bits per heavy atom. The Kier molecular flexibility index (Phi) is 5.33. The lowest BCUT2D eigenvalue weighted by molar-refractivity contribution is 0.132. The zero-order valence-electron chi connectivity index (χ0n) is 19.2. The smallest absolute Gasteiger partial charge is 0.354 e. The molecule has 3 N–H and O–H groups in total. The number of aryl methyl sites for hydroxylation is 1. The molecule has 1 atom stereocenters. The van der Waals surface area contributed by atoms with Crippen molar-refractivity contribution in [2.24, 2.45) is 9.50 Å². The molecule has 3 heterocycles. The van der Waals surface area contributed by atoms with E-state index in [4.69, 9.17) is 14.6 Å². The number of amides is 2. The molecule has 0 bridgehead atoms. The fourth-order valence-corrected chi connectivity index (χ4v) is 5.45. The van der Waals surface area contributed by atoms with Crippen molar-refractivity contribution in [2.75, 3.05) is 12.4 Å². The third-order valence-corrected chi connectivity index (χ3v) is 7.31. The van der Waals surface area contributed by atoms with E-state index in [0.717, 1.165) is 36.0 Å². The second-order valence-corrected chi connectivity index (χ2v) is 10.7. The molecule has 2 amide bonds. The van der Waals surface area contributed by atoms with Gasteiger partial charge in [0.05, 0.1) is 25.5 Å². The number of benzene rings is 1. The average Bonchev–Trinajstić information content (AvgIpc) is 3.47. The number of hydrogen-bond acceptors (Lipinski definition) is 6. The summed E-state index contributed by atoms with van der Waals surface area (Å²) in [6.45, 7) is 4.26. The Morgan fingerprint density at radius 1 is 1.32 bits per heavy atom. The van der Waals surface area contributed by atoms with Crippen LogP contribution in [-0.4, -0.2) is 37.7 Å². The highest BCUT2D eigenvalue weighted by Gasteiger charge is 2.35. The number of ether oxygens (including phenoxy) is 2. The largest absolute Gasteiger partial charge is 0.481 e. The molecule has 2 aromatic heterocycles.